The molecular formula is C21H28N4O3. The van der Waals surface area contributed by atoms with E-state index in [0.29, 0.717) is 25.4 Å². The van der Waals surface area contributed by atoms with Crippen LogP contribution in [0.4, 0.5) is 0 Å². The molecule has 0 N–H and O–H groups in total. The van der Waals surface area contributed by atoms with E-state index in [1.54, 1.807) is 22.7 Å². The topological polar surface area (TPSA) is 77.3 Å². The van der Waals surface area contributed by atoms with E-state index in [0.717, 1.165) is 32.1 Å². The minimum atomic E-state index is -0.253. The molecule has 3 rings (SSSR count). The Kier molecular flexibility index (Phi) is 7.17. The van der Waals surface area contributed by atoms with Crippen LogP contribution >= 0.6 is 0 Å². The highest BCUT2D eigenvalue weighted by Gasteiger charge is 2.30. The van der Waals surface area contributed by atoms with Crippen molar-refractivity contribution in [2.75, 3.05) is 13.2 Å². The number of aryl methyl sites for hydroxylation is 2. The summed E-state index contributed by atoms with van der Waals surface area (Å²) < 4.78 is 6.78. The standard InChI is InChI=1S/C21H28N4O3/c1-2-28-20(26)15-18-12-6-7-14-25(18)21(27)19-16-24(23-22-19)13-8-11-17-9-4-3-5-10-17/h3-5,9-10,16,18H,2,6-8,11-15H2,1H3/t18-/m1/s1. The molecule has 1 aliphatic heterocycles. The third-order valence-corrected chi connectivity index (χ3v) is 5.05. The van der Waals surface area contributed by atoms with Gasteiger partial charge in [0, 0.05) is 19.1 Å². The summed E-state index contributed by atoms with van der Waals surface area (Å²) in [5.41, 5.74) is 1.63. The maximum Gasteiger partial charge on any atom is 0.307 e. The first kappa shape index (κ1) is 20.0. The molecule has 0 saturated carbocycles. The Labute approximate surface area is 165 Å². The minimum absolute atomic E-state index is 0.122. The lowest BCUT2D eigenvalue weighted by atomic mass is 9.99. The van der Waals surface area contributed by atoms with Gasteiger partial charge in [-0.2, -0.15) is 0 Å². The van der Waals surface area contributed by atoms with E-state index in [-0.39, 0.29) is 24.3 Å². The summed E-state index contributed by atoms with van der Waals surface area (Å²) in [6, 6.07) is 10.2. The molecule has 7 nitrogen and oxygen atoms in total. The first-order valence-corrected chi connectivity index (χ1v) is 10.1. The fourth-order valence-corrected chi connectivity index (χ4v) is 3.64. The van der Waals surface area contributed by atoms with Gasteiger partial charge < -0.3 is 9.64 Å². The normalized spacial score (nSPS) is 16.8. The summed E-state index contributed by atoms with van der Waals surface area (Å²) >= 11 is 0. The van der Waals surface area contributed by atoms with Crippen molar-refractivity contribution >= 4 is 11.9 Å². The number of carbonyl (C=O) groups is 2. The number of esters is 1. The molecule has 1 aliphatic rings. The van der Waals surface area contributed by atoms with Crippen LogP contribution in [0.5, 0.6) is 0 Å². The first-order valence-electron chi connectivity index (χ1n) is 10.1. The quantitative estimate of drug-likeness (QED) is 0.654. The highest BCUT2D eigenvalue weighted by atomic mass is 16.5. The number of benzene rings is 1. The Morgan fingerprint density at radius 3 is 2.82 bits per heavy atom. The lowest BCUT2D eigenvalue weighted by molar-refractivity contribution is -0.144. The molecule has 0 bridgehead atoms. The summed E-state index contributed by atoms with van der Waals surface area (Å²) in [7, 11) is 0. The average molecular weight is 384 g/mol. The summed E-state index contributed by atoms with van der Waals surface area (Å²) in [6.45, 7) is 3.50. The van der Waals surface area contributed by atoms with Crippen LogP contribution in [0.2, 0.25) is 0 Å². The molecule has 0 spiro atoms. The molecule has 1 aromatic carbocycles. The Morgan fingerprint density at radius 1 is 1.21 bits per heavy atom. The summed E-state index contributed by atoms with van der Waals surface area (Å²) in [5, 5.41) is 8.18. The van der Waals surface area contributed by atoms with Crippen LogP contribution < -0.4 is 0 Å². The van der Waals surface area contributed by atoms with Crippen molar-refractivity contribution in [2.24, 2.45) is 0 Å². The number of carbonyl (C=O) groups excluding carboxylic acids is 2. The molecule has 1 amide bonds. The van der Waals surface area contributed by atoms with Crippen LogP contribution in [0.3, 0.4) is 0 Å². The van der Waals surface area contributed by atoms with E-state index in [4.69, 9.17) is 4.74 Å². The zero-order chi connectivity index (χ0) is 19.8. The fraction of sp³-hybridized carbons (Fsp3) is 0.524. The second-order valence-electron chi connectivity index (χ2n) is 7.11. The van der Waals surface area contributed by atoms with Gasteiger partial charge in [-0.25, -0.2) is 0 Å². The molecule has 0 radical (unpaired) electrons. The molecule has 28 heavy (non-hydrogen) atoms. The molecule has 150 valence electrons. The molecule has 1 atom stereocenters. The van der Waals surface area contributed by atoms with Gasteiger partial charge in [0.05, 0.1) is 19.2 Å². The molecule has 2 aromatic rings. The third-order valence-electron chi connectivity index (χ3n) is 5.05. The Balaban J connectivity index is 1.56. The van der Waals surface area contributed by atoms with Crippen molar-refractivity contribution in [3.63, 3.8) is 0 Å². The van der Waals surface area contributed by atoms with E-state index in [1.165, 1.54) is 5.56 Å². The van der Waals surface area contributed by atoms with Crippen LogP contribution in [-0.2, 0) is 22.5 Å². The van der Waals surface area contributed by atoms with Gasteiger partial charge in [-0.05, 0) is 44.6 Å². The van der Waals surface area contributed by atoms with Gasteiger partial charge >= 0.3 is 5.97 Å². The summed E-state index contributed by atoms with van der Waals surface area (Å²) in [6.07, 6.45) is 6.61. The molecule has 1 aromatic heterocycles. The van der Waals surface area contributed by atoms with Crippen LogP contribution in [0, 0.1) is 0 Å². The van der Waals surface area contributed by atoms with Crippen LogP contribution in [0.1, 0.15) is 55.1 Å². The van der Waals surface area contributed by atoms with E-state index >= 15 is 0 Å². The highest BCUT2D eigenvalue weighted by Crippen LogP contribution is 2.22. The molecule has 1 saturated heterocycles. The Bertz CT molecular complexity index is 775. The number of piperidine rings is 1. The van der Waals surface area contributed by atoms with E-state index in [1.807, 2.05) is 18.2 Å². The molecule has 2 heterocycles. The smallest absolute Gasteiger partial charge is 0.307 e. The summed E-state index contributed by atoms with van der Waals surface area (Å²) in [5.74, 6) is -0.403. The second kappa shape index (κ2) is 10.0. The Hall–Kier alpha value is -2.70. The number of likely N-dealkylation sites (tertiary alicyclic amines) is 1. The van der Waals surface area contributed by atoms with Crippen molar-refractivity contribution in [1.29, 1.82) is 0 Å². The fourth-order valence-electron chi connectivity index (χ4n) is 3.64. The van der Waals surface area contributed by atoms with Gasteiger partial charge in [-0.3, -0.25) is 14.3 Å². The largest absolute Gasteiger partial charge is 0.466 e. The maximum atomic E-state index is 12.9. The highest BCUT2D eigenvalue weighted by molar-refractivity contribution is 5.92. The van der Waals surface area contributed by atoms with Crippen LogP contribution in [-0.4, -0.2) is 51.0 Å². The zero-order valence-corrected chi connectivity index (χ0v) is 16.4. The third kappa shape index (κ3) is 5.41. The number of hydrogen-bond donors (Lipinski definition) is 0. The van der Waals surface area contributed by atoms with Crippen LogP contribution in [0.25, 0.3) is 0 Å². The van der Waals surface area contributed by atoms with Crippen molar-refractivity contribution in [3.8, 4) is 0 Å². The first-order chi connectivity index (χ1) is 13.7. The predicted octanol–water partition coefficient (Wildman–Crippen LogP) is 2.86. The number of rotatable bonds is 8. The van der Waals surface area contributed by atoms with Gasteiger partial charge in [-0.15, -0.1) is 5.10 Å². The van der Waals surface area contributed by atoms with Crippen molar-refractivity contribution < 1.29 is 14.3 Å². The SMILES string of the molecule is CCOC(=O)C[C@H]1CCCCN1C(=O)c1cn(CCCc2ccccc2)nn1. The Morgan fingerprint density at radius 2 is 2.04 bits per heavy atom. The summed E-state index contributed by atoms with van der Waals surface area (Å²) in [4.78, 5) is 26.5. The predicted molar refractivity (Wildman–Crippen MR) is 105 cm³/mol. The molecule has 7 heteroatoms. The maximum absolute atomic E-state index is 12.9. The van der Waals surface area contributed by atoms with E-state index in [9.17, 15) is 9.59 Å². The van der Waals surface area contributed by atoms with Gasteiger partial charge in [0.2, 0.25) is 0 Å². The number of amides is 1. The number of aromatic nitrogens is 3. The monoisotopic (exact) mass is 384 g/mol. The van der Waals surface area contributed by atoms with Crippen molar-refractivity contribution in [1.82, 2.24) is 19.9 Å². The molecule has 0 unspecified atom stereocenters. The molecule has 1 fully saturated rings. The number of ether oxygens (including phenoxy) is 1. The molecule has 0 aliphatic carbocycles. The second-order valence-corrected chi connectivity index (χ2v) is 7.11. The van der Waals surface area contributed by atoms with Gasteiger partial charge in [0.1, 0.15) is 0 Å². The minimum Gasteiger partial charge on any atom is -0.466 e. The lowest BCUT2D eigenvalue weighted by Crippen LogP contribution is -2.45. The average Bonchev–Trinajstić information content (AvgIpc) is 3.18. The molecular weight excluding hydrogens is 356 g/mol. The lowest BCUT2D eigenvalue weighted by Gasteiger charge is -2.34. The van der Waals surface area contributed by atoms with E-state index in [2.05, 4.69) is 22.4 Å². The van der Waals surface area contributed by atoms with E-state index < -0.39 is 0 Å². The van der Waals surface area contributed by atoms with Crippen molar-refractivity contribution in [2.45, 2.75) is 58.0 Å². The van der Waals surface area contributed by atoms with Gasteiger partial charge in [-0.1, -0.05) is 35.5 Å². The number of hydrogen-bond acceptors (Lipinski definition) is 5. The van der Waals surface area contributed by atoms with Gasteiger partial charge in [0.15, 0.2) is 5.69 Å². The number of nitrogens with zero attached hydrogens (tertiary/aromatic N) is 4. The zero-order valence-electron chi connectivity index (χ0n) is 16.4. The van der Waals surface area contributed by atoms with Crippen LogP contribution in [0.15, 0.2) is 36.5 Å². The van der Waals surface area contributed by atoms with Gasteiger partial charge in [0.25, 0.3) is 5.91 Å². The van der Waals surface area contributed by atoms with Crippen molar-refractivity contribution in [3.05, 3.63) is 47.8 Å².